The van der Waals surface area contributed by atoms with Gasteiger partial charge >= 0.3 is 6.03 Å². The average molecular weight is 408 g/mol. The third-order valence-corrected chi connectivity index (χ3v) is 7.36. The van der Waals surface area contributed by atoms with Gasteiger partial charge in [-0.3, -0.25) is 4.21 Å². The predicted octanol–water partition coefficient (Wildman–Crippen LogP) is 3.50. The standard InChI is InChI=1S/C21H33N3O3S/c1-4-28(26)20-12-8-6-10-18(20)23-21(25)22-17-9-5-7-11-19(17)24-13-15(2)27-16(3)14-24/h5,7,9,11,15-16,18,20H,4,6,8,10,12-14H2,1-3H3,(H2,22,23,25)/t15-,16-,18+,20-,28-/m1/s1. The highest BCUT2D eigenvalue weighted by atomic mass is 32.2. The van der Waals surface area contributed by atoms with Crippen LogP contribution in [0.3, 0.4) is 0 Å². The lowest BCUT2D eigenvalue weighted by Crippen LogP contribution is -2.49. The van der Waals surface area contributed by atoms with Crippen LogP contribution in [0.1, 0.15) is 46.5 Å². The Morgan fingerprint density at radius 3 is 2.57 bits per heavy atom. The zero-order valence-corrected chi connectivity index (χ0v) is 18.0. The maximum Gasteiger partial charge on any atom is 0.319 e. The summed E-state index contributed by atoms with van der Waals surface area (Å²) in [5, 5.41) is 6.18. The minimum Gasteiger partial charge on any atom is -0.372 e. The molecule has 2 fully saturated rings. The molecule has 0 radical (unpaired) electrons. The average Bonchev–Trinajstić information content (AvgIpc) is 2.67. The summed E-state index contributed by atoms with van der Waals surface area (Å²) < 4.78 is 18.2. The van der Waals surface area contributed by atoms with Crippen LogP contribution in [0.15, 0.2) is 24.3 Å². The first kappa shape index (κ1) is 21.1. The molecule has 7 heteroatoms. The summed E-state index contributed by atoms with van der Waals surface area (Å²) in [5.41, 5.74) is 1.81. The summed E-state index contributed by atoms with van der Waals surface area (Å²) in [6.45, 7) is 7.68. The molecule has 2 amide bonds. The van der Waals surface area contributed by atoms with Crippen LogP contribution in [0.2, 0.25) is 0 Å². The van der Waals surface area contributed by atoms with Gasteiger partial charge in [-0.2, -0.15) is 0 Å². The molecule has 0 bridgehead atoms. The summed E-state index contributed by atoms with van der Waals surface area (Å²) in [7, 11) is -0.887. The summed E-state index contributed by atoms with van der Waals surface area (Å²) in [6, 6.07) is 7.65. The third-order valence-electron chi connectivity index (χ3n) is 5.55. The molecule has 5 atom stereocenters. The van der Waals surface area contributed by atoms with E-state index in [1.807, 2.05) is 31.2 Å². The maximum atomic E-state index is 12.7. The fourth-order valence-electron chi connectivity index (χ4n) is 4.35. The number of para-hydroxylation sites is 2. The van der Waals surface area contributed by atoms with Crippen LogP contribution in [0, 0.1) is 0 Å². The number of carbonyl (C=O) groups excluding carboxylic acids is 1. The molecule has 0 spiro atoms. The van der Waals surface area contributed by atoms with Gasteiger partial charge in [-0.05, 0) is 38.8 Å². The van der Waals surface area contributed by atoms with Gasteiger partial charge in [-0.25, -0.2) is 4.79 Å². The van der Waals surface area contributed by atoms with Gasteiger partial charge in [0.25, 0.3) is 0 Å². The van der Waals surface area contributed by atoms with Crippen LogP contribution in [0.25, 0.3) is 0 Å². The fourth-order valence-corrected chi connectivity index (χ4v) is 5.78. The number of nitrogens with one attached hydrogen (secondary N) is 2. The Labute approximate surface area is 170 Å². The lowest BCUT2D eigenvalue weighted by Gasteiger charge is -2.37. The van der Waals surface area contributed by atoms with Crippen molar-refractivity contribution in [2.75, 3.05) is 29.1 Å². The number of anilines is 2. The number of morpholine rings is 1. The molecule has 1 aromatic rings. The van der Waals surface area contributed by atoms with Crippen molar-refractivity contribution in [3.05, 3.63) is 24.3 Å². The van der Waals surface area contributed by atoms with Crippen LogP contribution in [-0.2, 0) is 15.5 Å². The lowest BCUT2D eigenvalue weighted by molar-refractivity contribution is -0.00517. The molecule has 28 heavy (non-hydrogen) atoms. The van der Waals surface area contributed by atoms with Gasteiger partial charge in [0.2, 0.25) is 0 Å². The molecule has 1 saturated heterocycles. The molecule has 0 unspecified atom stereocenters. The Morgan fingerprint density at radius 2 is 1.86 bits per heavy atom. The molecule has 2 aliphatic rings. The number of urea groups is 1. The Kier molecular flexibility index (Phi) is 7.35. The number of hydrogen-bond acceptors (Lipinski definition) is 4. The Morgan fingerprint density at radius 1 is 1.18 bits per heavy atom. The number of hydrogen-bond donors (Lipinski definition) is 2. The van der Waals surface area contributed by atoms with Crippen molar-refractivity contribution in [3.8, 4) is 0 Å². The molecule has 1 heterocycles. The van der Waals surface area contributed by atoms with E-state index in [0.29, 0.717) is 5.75 Å². The van der Waals surface area contributed by atoms with Crippen molar-refractivity contribution in [3.63, 3.8) is 0 Å². The van der Waals surface area contributed by atoms with Crippen LogP contribution >= 0.6 is 0 Å². The molecule has 3 rings (SSSR count). The fraction of sp³-hybridized carbons (Fsp3) is 0.667. The number of nitrogens with zero attached hydrogens (tertiary/aromatic N) is 1. The highest BCUT2D eigenvalue weighted by molar-refractivity contribution is 7.85. The highest BCUT2D eigenvalue weighted by Gasteiger charge is 2.30. The van der Waals surface area contributed by atoms with Gasteiger partial charge in [-0.1, -0.05) is 31.9 Å². The van der Waals surface area contributed by atoms with Gasteiger partial charge < -0.3 is 20.3 Å². The van der Waals surface area contributed by atoms with Crippen molar-refractivity contribution in [2.24, 2.45) is 0 Å². The SMILES string of the molecule is CC[S@@](=O)[C@@H]1CCCC[C@@H]1NC(=O)Nc1ccccc1N1C[C@@H](C)O[C@H](C)C1. The second kappa shape index (κ2) is 9.74. The van der Waals surface area contributed by atoms with E-state index in [2.05, 4.69) is 29.4 Å². The first-order valence-electron chi connectivity index (χ1n) is 10.4. The smallest absolute Gasteiger partial charge is 0.319 e. The highest BCUT2D eigenvalue weighted by Crippen LogP contribution is 2.29. The summed E-state index contributed by atoms with van der Waals surface area (Å²) in [5.74, 6) is 0.640. The van der Waals surface area contributed by atoms with Crippen molar-refractivity contribution < 1.29 is 13.7 Å². The number of ether oxygens (including phenoxy) is 1. The van der Waals surface area contributed by atoms with E-state index in [0.717, 1.165) is 50.1 Å². The number of rotatable bonds is 5. The molecule has 156 valence electrons. The van der Waals surface area contributed by atoms with Crippen LogP contribution < -0.4 is 15.5 Å². The normalized spacial score (nSPS) is 29.2. The van der Waals surface area contributed by atoms with Crippen molar-refractivity contribution in [1.82, 2.24) is 5.32 Å². The first-order chi connectivity index (χ1) is 13.5. The minimum atomic E-state index is -0.887. The zero-order valence-electron chi connectivity index (χ0n) is 17.1. The molecule has 1 aliphatic carbocycles. The Bertz CT molecular complexity index is 689. The van der Waals surface area contributed by atoms with Gasteiger partial charge in [0.1, 0.15) is 0 Å². The number of carbonyl (C=O) groups is 1. The van der Waals surface area contributed by atoms with E-state index in [1.165, 1.54) is 0 Å². The predicted molar refractivity (Wildman–Crippen MR) is 116 cm³/mol. The molecule has 0 aromatic heterocycles. The van der Waals surface area contributed by atoms with Crippen molar-refractivity contribution in [1.29, 1.82) is 0 Å². The maximum absolute atomic E-state index is 12.7. The topological polar surface area (TPSA) is 70.7 Å². The molecule has 2 N–H and O–H groups in total. The van der Waals surface area contributed by atoms with Crippen molar-refractivity contribution >= 4 is 28.2 Å². The van der Waals surface area contributed by atoms with E-state index in [1.54, 1.807) is 0 Å². The molecule has 1 aromatic carbocycles. The monoisotopic (exact) mass is 407 g/mol. The largest absolute Gasteiger partial charge is 0.372 e. The number of benzene rings is 1. The summed E-state index contributed by atoms with van der Waals surface area (Å²) in [6.07, 6.45) is 4.28. The second-order valence-corrected chi connectivity index (χ2v) is 9.82. The van der Waals surface area contributed by atoms with Gasteiger partial charge in [0.05, 0.1) is 28.8 Å². The quantitative estimate of drug-likeness (QED) is 0.784. The van der Waals surface area contributed by atoms with Gasteiger partial charge in [0, 0.05) is 35.7 Å². The minimum absolute atomic E-state index is 0.0230. The van der Waals surface area contributed by atoms with Gasteiger partial charge in [0.15, 0.2) is 0 Å². The number of amides is 2. The second-order valence-electron chi connectivity index (χ2n) is 7.88. The van der Waals surface area contributed by atoms with E-state index >= 15 is 0 Å². The van der Waals surface area contributed by atoms with Crippen LogP contribution in [0.4, 0.5) is 16.2 Å². The van der Waals surface area contributed by atoms with Crippen molar-refractivity contribution in [2.45, 2.75) is 70.0 Å². The molecular weight excluding hydrogens is 374 g/mol. The molecule has 1 saturated carbocycles. The lowest BCUT2D eigenvalue weighted by atomic mass is 9.95. The van der Waals surface area contributed by atoms with E-state index < -0.39 is 10.8 Å². The van der Waals surface area contributed by atoms with E-state index in [9.17, 15) is 9.00 Å². The van der Waals surface area contributed by atoms with Gasteiger partial charge in [-0.15, -0.1) is 0 Å². The summed E-state index contributed by atoms with van der Waals surface area (Å²) >= 11 is 0. The van der Waals surface area contributed by atoms with Crippen LogP contribution in [0.5, 0.6) is 0 Å². The molecular formula is C21H33N3O3S. The van der Waals surface area contributed by atoms with Crippen LogP contribution in [-0.4, -0.2) is 52.6 Å². The Balaban J connectivity index is 1.68. The van der Waals surface area contributed by atoms with E-state index in [-0.39, 0.29) is 29.5 Å². The zero-order chi connectivity index (χ0) is 20.1. The first-order valence-corrected chi connectivity index (χ1v) is 11.8. The van der Waals surface area contributed by atoms with E-state index in [4.69, 9.17) is 4.74 Å². The molecule has 1 aliphatic heterocycles. The molecule has 6 nitrogen and oxygen atoms in total. The third kappa shape index (κ3) is 5.26. The Hall–Kier alpha value is -1.60. The summed E-state index contributed by atoms with van der Waals surface area (Å²) in [4.78, 5) is 15.0.